The normalized spacial score (nSPS) is 13.0. The van der Waals surface area contributed by atoms with Gasteiger partial charge < -0.3 is 10.2 Å². The second kappa shape index (κ2) is 7.79. The third-order valence-corrected chi connectivity index (χ3v) is 6.59. The summed E-state index contributed by atoms with van der Waals surface area (Å²) in [5.74, 6) is 0.331. The Kier molecular flexibility index (Phi) is 5.67. The molecule has 1 unspecified atom stereocenters. The van der Waals surface area contributed by atoms with Gasteiger partial charge in [0.2, 0.25) is 5.09 Å². The van der Waals surface area contributed by atoms with Gasteiger partial charge in [0.05, 0.1) is 21.4 Å². The van der Waals surface area contributed by atoms with Gasteiger partial charge in [0.15, 0.2) is 0 Å². The molecule has 0 saturated heterocycles. The molecule has 2 aromatic carbocycles. The molecular formula is C17H17ClN2O4S2. The summed E-state index contributed by atoms with van der Waals surface area (Å²) in [5, 5.41) is 0.773. The Labute approximate surface area is 158 Å². The Morgan fingerprint density at radius 3 is 2.65 bits per heavy atom. The maximum absolute atomic E-state index is 12.7. The highest BCUT2D eigenvalue weighted by Gasteiger charge is 2.22. The number of furan rings is 1. The number of hydrogen-bond donors (Lipinski definition) is 2. The standard InChI is InChI=1S/C17H17ClN2O4S2/c18-13-6-7-16(25(21)9-3-8-19)14(11-13)20-26(22,23)17-10-12-4-1-2-5-15(12)24-17/h1-2,4-7,10-11,20H,3,8-9,19H2. The van der Waals surface area contributed by atoms with Crippen LogP contribution in [0.3, 0.4) is 0 Å². The molecule has 6 nitrogen and oxygen atoms in total. The van der Waals surface area contributed by atoms with E-state index in [2.05, 4.69) is 4.72 Å². The van der Waals surface area contributed by atoms with E-state index in [1.54, 1.807) is 36.4 Å². The molecule has 3 aromatic rings. The zero-order valence-electron chi connectivity index (χ0n) is 13.6. The van der Waals surface area contributed by atoms with Gasteiger partial charge in [-0.25, -0.2) is 0 Å². The number of hydrogen-bond acceptors (Lipinski definition) is 5. The van der Waals surface area contributed by atoms with E-state index in [1.807, 2.05) is 0 Å². The summed E-state index contributed by atoms with van der Waals surface area (Å²) in [6.07, 6.45) is 0.561. The second-order valence-corrected chi connectivity index (χ2v) is 9.13. The van der Waals surface area contributed by atoms with Crippen LogP contribution in [0.25, 0.3) is 11.0 Å². The van der Waals surface area contributed by atoms with Crippen LogP contribution in [0.4, 0.5) is 5.69 Å². The Hall–Kier alpha value is -1.87. The second-order valence-electron chi connectivity index (χ2n) is 5.54. The van der Waals surface area contributed by atoms with E-state index in [-0.39, 0.29) is 10.8 Å². The summed E-state index contributed by atoms with van der Waals surface area (Å²) in [4.78, 5) is 0.350. The van der Waals surface area contributed by atoms with Crippen molar-refractivity contribution in [2.24, 2.45) is 5.73 Å². The summed E-state index contributed by atoms with van der Waals surface area (Å²) in [5.41, 5.74) is 6.08. The Balaban J connectivity index is 1.96. The average molecular weight is 413 g/mol. The van der Waals surface area contributed by atoms with Gasteiger partial charge in [0.25, 0.3) is 10.0 Å². The lowest BCUT2D eigenvalue weighted by molar-refractivity contribution is 0.484. The molecule has 0 amide bonds. The number of fused-ring (bicyclic) bond motifs is 1. The third kappa shape index (κ3) is 4.09. The van der Waals surface area contributed by atoms with E-state index >= 15 is 0 Å². The molecule has 0 aliphatic carbocycles. The number of sulfonamides is 1. The average Bonchev–Trinajstić information content (AvgIpc) is 3.04. The van der Waals surface area contributed by atoms with Crippen LogP contribution in [0.5, 0.6) is 0 Å². The molecule has 0 aliphatic rings. The van der Waals surface area contributed by atoms with Crippen molar-refractivity contribution in [1.29, 1.82) is 0 Å². The molecular weight excluding hydrogens is 396 g/mol. The lowest BCUT2D eigenvalue weighted by atomic mass is 10.3. The summed E-state index contributed by atoms with van der Waals surface area (Å²) < 4.78 is 45.7. The molecule has 0 radical (unpaired) electrons. The van der Waals surface area contributed by atoms with Crippen LogP contribution in [0, 0.1) is 0 Å². The highest BCUT2D eigenvalue weighted by atomic mass is 35.5. The maximum Gasteiger partial charge on any atom is 0.295 e. The summed E-state index contributed by atoms with van der Waals surface area (Å²) >= 11 is 5.99. The molecule has 0 bridgehead atoms. The number of halogens is 1. The van der Waals surface area contributed by atoms with E-state index < -0.39 is 20.8 Å². The van der Waals surface area contributed by atoms with Crippen molar-refractivity contribution in [2.75, 3.05) is 17.0 Å². The topological polar surface area (TPSA) is 102 Å². The number of nitrogens with two attached hydrogens (primary N) is 1. The van der Waals surface area contributed by atoms with Crippen LogP contribution in [-0.2, 0) is 20.8 Å². The fourth-order valence-electron chi connectivity index (χ4n) is 2.39. The molecule has 0 spiro atoms. The van der Waals surface area contributed by atoms with Gasteiger partial charge in [0, 0.05) is 22.2 Å². The van der Waals surface area contributed by atoms with Gasteiger partial charge in [-0.15, -0.1) is 0 Å². The zero-order valence-corrected chi connectivity index (χ0v) is 16.0. The van der Waals surface area contributed by atoms with Gasteiger partial charge >= 0.3 is 0 Å². The van der Waals surface area contributed by atoms with E-state index in [0.29, 0.717) is 39.6 Å². The first-order chi connectivity index (χ1) is 12.4. The van der Waals surface area contributed by atoms with Crippen LogP contribution in [-0.4, -0.2) is 24.9 Å². The van der Waals surface area contributed by atoms with Gasteiger partial charge in [0.1, 0.15) is 5.58 Å². The van der Waals surface area contributed by atoms with Crippen LogP contribution >= 0.6 is 11.6 Å². The van der Waals surface area contributed by atoms with Crippen molar-refractivity contribution in [1.82, 2.24) is 0 Å². The molecule has 0 aliphatic heterocycles. The number of nitrogens with one attached hydrogen (secondary N) is 1. The fourth-order valence-corrected chi connectivity index (χ4v) is 4.89. The lowest BCUT2D eigenvalue weighted by Gasteiger charge is -2.11. The number of rotatable bonds is 7. The molecule has 0 saturated carbocycles. The molecule has 3 N–H and O–H groups in total. The molecule has 0 fully saturated rings. The predicted molar refractivity (Wildman–Crippen MR) is 103 cm³/mol. The van der Waals surface area contributed by atoms with Gasteiger partial charge in [-0.05, 0) is 37.2 Å². The van der Waals surface area contributed by atoms with Crippen molar-refractivity contribution in [2.45, 2.75) is 16.4 Å². The largest absolute Gasteiger partial charge is 0.443 e. The zero-order chi connectivity index (χ0) is 18.7. The minimum Gasteiger partial charge on any atom is -0.443 e. The Bertz CT molecular complexity index is 1030. The molecule has 3 rings (SSSR count). The predicted octanol–water partition coefficient (Wildman–Crippen LogP) is 3.34. The summed E-state index contributed by atoms with van der Waals surface area (Å²) in [6.45, 7) is 0.402. The van der Waals surface area contributed by atoms with Gasteiger partial charge in [-0.1, -0.05) is 29.8 Å². The van der Waals surface area contributed by atoms with E-state index in [9.17, 15) is 12.6 Å². The van der Waals surface area contributed by atoms with Crippen molar-refractivity contribution in [3.05, 3.63) is 53.6 Å². The van der Waals surface area contributed by atoms with Crippen molar-refractivity contribution in [3.8, 4) is 0 Å². The highest BCUT2D eigenvalue weighted by Crippen LogP contribution is 2.29. The minimum atomic E-state index is -4.00. The van der Waals surface area contributed by atoms with E-state index in [1.165, 1.54) is 12.1 Å². The first-order valence-electron chi connectivity index (χ1n) is 7.80. The first-order valence-corrected chi connectivity index (χ1v) is 11.0. The summed E-state index contributed by atoms with van der Waals surface area (Å²) in [6, 6.07) is 13.0. The van der Waals surface area contributed by atoms with Crippen LogP contribution in [0.15, 0.2) is 62.9 Å². The van der Waals surface area contributed by atoms with Gasteiger partial charge in [-0.2, -0.15) is 8.42 Å². The smallest absolute Gasteiger partial charge is 0.295 e. The van der Waals surface area contributed by atoms with Crippen molar-refractivity contribution < 1.29 is 17.0 Å². The van der Waals surface area contributed by atoms with E-state index in [4.69, 9.17) is 21.8 Å². The SMILES string of the molecule is NCCCS(=O)c1ccc(Cl)cc1NS(=O)(=O)c1cc2ccccc2o1. The van der Waals surface area contributed by atoms with Crippen LogP contribution < -0.4 is 10.5 Å². The quantitative estimate of drug-likeness (QED) is 0.619. The summed E-state index contributed by atoms with van der Waals surface area (Å²) in [7, 11) is -5.41. The Morgan fingerprint density at radius 1 is 1.15 bits per heavy atom. The third-order valence-electron chi connectivity index (χ3n) is 3.63. The fraction of sp³-hybridized carbons (Fsp3) is 0.176. The van der Waals surface area contributed by atoms with Gasteiger partial charge in [-0.3, -0.25) is 8.93 Å². The minimum absolute atomic E-state index is 0.160. The van der Waals surface area contributed by atoms with Crippen LogP contribution in [0.1, 0.15) is 6.42 Å². The Morgan fingerprint density at radius 2 is 1.92 bits per heavy atom. The molecule has 1 atom stereocenters. The maximum atomic E-state index is 12.7. The molecule has 9 heteroatoms. The van der Waals surface area contributed by atoms with E-state index in [0.717, 1.165) is 0 Å². The molecule has 26 heavy (non-hydrogen) atoms. The van der Waals surface area contributed by atoms with Crippen molar-refractivity contribution in [3.63, 3.8) is 0 Å². The van der Waals surface area contributed by atoms with Crippen LogP contribution in [0.2, 0.25) is 5.02 Å². The van der Waals surface area contributed by atoms with Crippen molar-refractivity contribution >= 4 is 49.1 Å². The highest BCUT2D eigenvalue weighted by molar-refractivity contribution is 7.92. The molecule has 138 valence electrons. The number of anilines is 1. The number of para-hydroxylation sites is 1. The molecule has 1 heterocycles. The molecule has 1 aromatic heterocycles. The first kappa shape index (κ1) is 18.9. The lowest BCUT2D eigenvalue weighted by Crippen LogP contribution is -2.15. The monoisotopic (exact) mass is 412 g/mol. The number of benzene rings is 2.